The van der Waals surface area contributed by atoms with E-state index in [1.807, 2.05) is 18.9 Å². The van der Waals surface area contributed by atoms with Crippen LogP contribution in [0.3, 0.4) is 0 Å². The van der Waals surface area contributed by atoms with E-state index in [9.17, 15) is 4.79 Å². The van der Waals surface area contributed by atoms with Gasteiger partial charge in [0.1, 0.15) is 5.60 Å². The Hall–Kier alpha value is -0.610. The Labute approximate surface area is 97.3 Å². The van der Waals surface area contributed by atoms with Gasteiger partial charge < -0.3 is 15.0 Å². The first-order valence-corrected chi connectivity index (χ1v) is 6.25. The average Bonchev–Trinajstić information content (AvgIpc) is 2.77. The van der Waals surface area contributed by atoms with Crippen molar-refractivity contribution in [1.82, 2.24) is 10.2 Å². The van der Waals surface area contributed by atoms with Crippen molar-refractivity contribution in [3.8, 4) is 0 Å². The minimum Gasteiger partial charge on any atom is -0.365 e. The van der Waals surface area contributed by atoms with Crippen LogP contribution >= 0.6 is 0 Å². The number of piperidine rings is 1. The van der Waals surface area contributed by atoms with Crippen molar-refractivity contribution in [2.45, 2.75) is 44.2 Å². The molecule has 0 aromatic rings. The number of amides is 1. The topological polar surface area (TPSA) is 41.6 Å². The van der Waals surface area contributed by atoms with Gasteiger partial charge in [-0.25, -0.2) is 0 Å². The van der Waals surface area contributed by atoms with Crippen LogP contribution in [-0.2, 0) is 9.53 Å². The Balaban J connectivity index is 1.97. The van der Waals surface area contributed by atoms with Crippen molar-refractivity contribution in [3.05, 3.63) is 0 Å². The van der Waals surface area contributed by atoms with E-state index in [0.29, 0.717) is 6.04 Å². The molecule has 2 unspecified atom stereocenters. The second-order valence-corrected chi connectivity index (χ2v) is 5.10. The van der Waals surface area contributed by atoms with Crippen LogP contribution in [0.5, 0.6) is 0 Å². The normalized spacial score (nSPS) is 35.0. The lowest BCUT2D eigenvalue weighted by Gasteiger charge is -2.36. The summed E-state index contributed by atoms with van der Waals surface area (Å²) in [7, 11) is 1.91. The van der Waals surface area contributed by atoms with Crippen LogP contribution in [-0.4, -0.2) is 49.2 Å². The van der Waals surface area contributed by atoms with Crippen molar-refractivity contribution >= 4 is 5.91 Å². The quantitative estimate of drug-likeness (QED) is 0.756. The van der Waals surface area contributed by atoms with Gasteiger partial charge in [-0.1, -0.05) is 0 Å². The Bertz CT molecular complexity index is 256. The van der Waals surface area contributed by atoms with E-state index in [1.165, 1.54) is 0 Å². The molecule has 0 aliphatic carbocycles. The van der Waals surface area contributed by atoms with Gasteiger partial charge in [0.05, 0.1) is 0 Å². The molecule has 0 bridgehead atoms. The lowest BCUT2D eigenvalue weighted by molar-refractivity contribution is -0.152. The monoisotopic (exact) mass is 226 g/mol. The van der Waals surface area contributed by atoms with Crippen LogP contribution < -0.4 is 5.32 Å². The summed E-state index contributed by atoms with van der Waals surface area (Å²) in [5, 5.41) is 3.34. The summed E-state index contributed by atoms with van der Waals surface area (Å²) in [6.45, 7) is 4.64. The zero-order chi connectivity index (χ0) is 11.6. The van der Waals surface area contributed by atoms with E-state index in [-0.39, 0.29) is 5.91 Å². The predicted octanol–water partition coefficient (Wildman–Crippen LogP) is 0.766. The zero-order valence-corrected chi connectivity index (χ0v) is 10.3. The number of hydrogen-bond acceptors (Lipinski definition) is 3. The summed E-state index contributed by atoms with van der Waals surface area (Å²) in [6.07, 6.45) is 4.11. The van der Waals surface area contributed by atoms with Crippen LogP contribution in [0.15, 0.2) is 0 Å². The molecular formula is C12H22N2O2. The first-order valence-electron chi connectivity index (χ1n) is 6.25. The van der Waals surface area contributed by atoms with Crippen LogP contribution in [0.4, 0.5) is 0 Å². The van der Waals surface area contributed by atoms with Crippen LogP contribution in [0, 0.1) is 0 Å². The highest BCUT2D eigenvalue weighted by Gasteiger charge is 2.41. The lowest BCUT2D eigenvalue weighted by Crippen LogP contribution is -2.53. The van der Waals surface area contributed by atoms with Gasteiger partial charge in [-0.15, -0.1) is 0 Å². The van der Waals surface area contributed by atoms with Crippen molar-refractivity contribution in [1.29, 1.82) is 0 Å². The fourth-order valence-electron chi connectivity index (χ4n) is 2.65. The molecule has 2 aliphatic rings. The summed E-state index contributed by atoms with van der Waals surface area (Å²) < 4.78 is 5.60. The van der Waals surface area contributed by atoms with Gasteiger partial charge in [-0.05, 0) is 39.2 Å². The molecule has 2 rings (SSSR count). The summed E-state index contributed by atoms with van der Waals surface area (Å²) in [5.74, 6) is 0.152. The molecule has 1 amide bonds. The molecule has 4 heteroatoms. The van der Waals surface area contributed by atoms with Gasteiger partial charge in [0.25, 0.3) is 5.91 Å². The highest BCUT2D eigenvalue weighted by molar-refractivity contribution is 5.85. The highest BCUT2D eigenvalue weighted by Crippen LogP contribution is 2.28. The molecule has 0 radical (unpaired) electrons. The number of hydrogen-bond donors (Lipinski definition) is 1. The second-order valence-electron chi connectivity index (χ2n) is 5.10. The van der Waals surface area contributed by atoms with Gasteiger partial charge in [-0.2, -0.15) is 0 Å². The van der Waals surface area contributed by atoms with E-state index in [1.54, 1.807) is 0 Å². The Morgan fingerprint density at radius 1 is 1.50 bits per heavy atom. The van der Waals surface area contributed by atoms with E-state index < -0.39 is 5.60 Å². The molecule has 0 saturated carbocycles. The van der Waals surface area contributed by atoms with Crippen molar-refractivity contribution < 1.29 is 9.53 Å². The molecule has 1 N–H and O–H groups in total. The zero-order valence-electron chi connectivity index (χ0n) is 10.3. The van der Waals surface area contributed by atoms with Crippen LogP contribution in [0.1, 0.15) is 32.6 Å². The third kappa shape index (κ3) is 2.23. The molecular weight excluding hydrogens is 204 g/mol. The smallest absolute Gasteiger partial charge is 0.254 e. The van der Waals surface area contributed by atoms with Gasteiger partial charge in [0.15, 0.2) is 0 Å². The van der Waals surface area contributed by atoms with E-state index in [2.05, 4.69) is 5.32 Å². The summed E-state index contributed by atoms with van der Waals surface area (Å²) in [5.41, 5.74) is -0.563. The third-order valence-corrected chi connectivity index (χ3v) is 3.81. The van der Waals surface area contributed by atoms with Crippen LogP contribution in [0.25, 0.3) is 0 Å². The molecule has 2 saturated heterocycles. The van der Waals surface area contributed by atoms with E-state index >= 15 is 0 Å². The average molecular weight is 226 g/mol. The first-order chi connectivity index (χ1) is 7.63. The predicted molar refractivity (Wildman–Crippen MR) is 62.3 cm³/mol. The maximum atomic E-state index is 12.3. The van der Waals surface area contributed by atoms with Crippen molar-refractivity contribution in [2.75, 3.05) is 26.7 Å². The van der Waals surface area contributed by atoms with Crippen molar-refractivity contribution in [3.63, 3.8) is 0 Å². The Morgan fingerprint density at radius 2 is 2.31 bits per heavy atom. The molecule has 2 fully saturated rings. The van der Waals surface area contributed by atoms with Crippen molar-refractivity contribution in [2.24, 2.45) is 0 Å². The molecule has 0 aromatic heterocycles. The van der Waals surface area contributed by atoms with Gasteiger partial charge in [0.2, 0.25) is 0 Å². The molecule has 0 aromatic carbocycles. The maximum Gasteiger partial charge on any atom is 0.254 e. The molecule has 16 heavy (non-hydrogen) atoms. The summed E-state index contributed by atoms with van der Waals surface area (Å²) >= 11 is 0. The van der Waals surface area contributed by atoms with Gasteiger partial charge in [0, 0.05) is 26.2 Å². The lowest BCUT2D eigenvalue weighted by atomic mass is 9.98. The number of nitrogens with zero attached hydrogens (tertiary/aromatic N) is 1. The number of ether oxygens (including phenoxy) is 1. The van der Waals surface area contributed by atoms with Gasteiger partial charge in [-0.3, -0.25) is 4.79 Å². The number of carbonyl (C=O) groups is 1. The van der Waals surface area contributed by atoms with Gasteiger partial charge >= 0.3 is 0 Å². The third-order valence-electron chi connectivity index (χ3n) is 3.81. The Morgan fingerprint density at radius 3 is 2.88 bits per heavy atom. The molecule has 2 atom stereocenters. The first kappa shape index (κ1) is 11.9. The highest BCUT2D eigenvalue weighted by atomic mass is 16.5. The SMILES string of the molecule is CN(C(=O)C1(C)CCCO1)C1CCCNC1. The second kappa shape index (κ2) is 4.72. The minimum absolute atomic E-state index is 0.152. The Kier molecular flexibility index (Phi) is 3.50. The number of carbonyl (C=O) groups excluding carboxylic acids is 1. The van der Waals surface area contributed by atoms with E-state index in [4.69, 9.17) is 4.74 Å². The summed E-state index contributed by atoms with van der Waals surface area (Å²) in [6, 6.07) is 0.335. The number of likely N-dealkylation sites (N-methyl/N-ethyl adjacent to an activating group) is 1. The fraction of sp³-hybridized carbons (Fsp3) is 0.917. The summed E-state index contributed by atoms with van der Waals surface area (Å²) in [4.78, 5) is 14.2. The van der Waals surface area contributed by atoms with Crippen LogP contribution in [0.2, 0.25) is 0 Å². The molecule has 2 heterocycles. The number of rotatable bonds is 2. The maximum absolute atomic E-state index is 12.3. The standard InChI is InChI=1S/C12H22N2O2/c1-12(6-4-8-16-12)11(15)14(2)10-5-3-7-13-9-10/h10,13H,3-9H2,1-2H3. The molecule has 92 valence electrons. The van der Waals surface area contributed by atoms with E-state index in [0.717, 1.165) is 45.4 Å². The fourth-order valence-corrected chi connectivity index (χ4v) is 2.65. The minimum atomic E-state index is -0.563. The molecule has 4 nitrogen and oxygen atoms in total. The number of nitrogens with one attached hydrogen (secondary N) is 1. The molecule has 0 spiro atoms. The molecule has 2 aliphatic heterocycles. The largest absolute Gasteiger partial charge is 0.365 e.